The standard InChI is InChI=1S/C15H19BrO2/c1-15(14(17)18-2,11-6-3-4-7-11)12-8-5-9-13(16)10-12/h5,8-11H,3-4,6-7H2,1-2H3/t15-/m0/s1. The second-order valence-electron chi connectivity index (χ2n) is 5.19. The number of hydrogen-bond donors (Lipinski definition) is 0. The van der Waals surface area contributed by atoms with Crippen molar-refractivity contribution in [3.63, 3.8) is 0 Å². The maximum absolute atomic E-state index is 12.3. The third-order valence-corrected chi connectivity index (χ3v) is 4.70. The summed E-state index contributed by atoms with van der Waals surface area (Å²) in [6, 6.07) is 8.03. The topological polar surface area (TPSA) is 26.3 Å². The highest BCUT2D eigenvalue weighted by Crippen LogP contribution is 2.43. The second-order valence-corrected chi connectivity index (χ2v) is 6.10. The Morgan fingerprint density at radius 2 is 2.06 bits per heavy atom. The van der Waals surface area contributed by atoms with E-state index in [1.165, 1.54) is 20.0 Å². The maximum atomic E-state index is 12.3. The number of esters is 1. The van der Waals surface area contributed by atoms with E-state index < -0.39 is 5.41 Å². The van der Waals surface area contributed by atoms with Gasteiger partial charge in [0.25, 0.3) is 0 Å². The monoisotopic (exact) mass is 310 g/mol. The summed E-state index contributed by atoms with van der Waals surface area (Å²) in [5.74, 6) is 0.270. The summed E-state index contributed by atoms with van der Waals surface area (Å²) in [7, 11) is 1.48. The van der Waals surface area contributed by atoms with Gasteiger partial charge in [0.05, 0.1) is 12.5 Å². The first-order chi connectivity index (χ1) is 8.59. The fraction of sp³-hybridized carbons (Fsp3) is 0.533. The van der Waals surface area contributed by atoms with Gasteiger partial charge in [0.1, 0.15) is 0 Å². The molecule has 2 nitrogen and oxygen atoms in total. The molecule has 0 aliphatic heterocycles. The van der Waals surface area contributed by atoms with Crippen LogP contribution in [-0.4, -0.2) is 13.1 Å². The fourth-order valence-electron chi connectivity index (χ4n) is 3.05. The van der Waals surface area contributed by atoms with Crippen LogP contribution in [0, 0.1) is 5.92 Å². The number of ether oxygens (including phenoxy) is 1. The lowest BCUT2D eigenvalue weighted by atomic mass is 9.71. The van der Waals surface area contributed by atoms with Gasteiger partial charge in [0.2, 0.25) is 0 Å². The Bertz CT molecular complexity index is 438. The molecule has 18 heavy (non-hydrogen) atoms. The zero-order chi connectivity index (χ0) is 13.2. The smallest absolute Gasteiger partial charge is 0.316 e. The minimum Gasteiger partial charge on any atom is -0.468 e. The van der Waals surface area contributed by atoms with Crippen molar-refractivity contribution in [2.75, 3.05) is 7.11 Å². The van der Waals surface area contributed by atoms with Crippen LogP contribution in [0.2, 0.25) is 0 Å². The van der Waals surface area contributed by atoms with E-state index in [1.54, 1.807) is 0 Å². The Morgan fingerprint density at radius 1 is 1.39 bits per heavy atom. The number of carbonyl (C=O) groups excluding carboxylic acids is 1. The van der Waals surface area contributed by atoms with Crippen molar-refractivity contribution in [1.82, 2.24) is 0 Å². The van der Waals surface area contributed by atoms with Gasteiger partial charge in [-0.05, 0) is 43.4 Å². The van der Waals surface area contributed by atoms with Gasteiger partial charge in [0, 0.05) is 4.47 Å². The molecular weight excluding hydrogens is 292 g/mol. The molecular formula is C15H19BrO2. The van der Waals surface area contributed by atoms with Crippen LogP contribution in [0.5, 0.6) is 0 Å². The molecule has 0 aromatic heterocycles. The zero-order valence-corrected chi connectivity index (χ0v) is 12.5. The van der Waals surface area contributed by atoms with Crippen molar-refractivity contribution in [3.8, 4) is 0 Å². The van der Waals surface area contributed by atoms with E-state index in [-0.39, 0.29) is 5.97 Å². The molecule has 2 rings (SSSR count). The summed E-state index contributed by atoms with van der Waals surface area (Å²) in [6.07, 6.45) is 4.65. The highest BCUT2D eigenvalue weighted by Gasteiger charge is 2.44. The van der Waals surface area contributed by atoms with E-state index in [2.05, 4.69) is 15.9 Å². The molecule has 0 heterocycles. The molecule has 0 N–H and O–H groups in total. The lowest BCUT2D eigenvalue weighted by molar-refractivity contribution is -0.149. The van der Waals surface area contributed by atoms with Gasteiger partial charge >= 0.3 is 5.97 Å². The molecule has 1 saturated carbocycles. The van der Waals surface area contributed by atoms with Crippen LogP contribution >= 0.6 is 15.9 Å². The van der Waals surface area contributed by atoms with E-state index in [1.807, 2.05) is 31.2 Å². The lowest BCUT2D eigenvalue weighted by Crippen LogP contribution is -2.40. The van der Waals surface area contributed by atoms with E-state index >= 15 is 0 Å². The van der Waals surface area contributed by atoms with E-state index in [0.717, 1.165) is 22.9 Å². The van der Waals surface area contributed by atoms with Gasteiger partial charge in [-0.1, -0.05) is 40.9 Å². The van der Waals surface area contributed by atoms with Crippen LogP contribution < -0.4 is 0 Å². The first kappa shape index (κ1) is 13.6. The number of benzene rings is 1. The van der Waals surface area contributed by atoms with Gasteiger partial charge in [-0.25, -0.2) is 0 Å². The van der Waals surface area contributed by atoms with E-state index in [0.29, 0.717) is 5.92 Å². The first-order valence-electron chi connectivity index (χ1n) is 6.43. The Balaban J connectivity index is 2.44. The van der Waals surface area contributed by atoms with Crippen LogP contribution in [0.25, 0.3) is 0 Å². The number of carbonyl (C=O) groups is 1. The predicted octanol–water partition coefficient (Wildman–Crippen LogP) is 4.07. The van der Waals surface area contributed by atoms with Crippen LogP contribution in [0.3, 0.4) is 0 Å². The summed E-state index contributed by atoms with van der Waals surface area (Å²) < 4.78 is 6.08. The summed E-state index contributed by atoms with van der Waals surface area (Å²) in [5.41, 5.74) is 0.533. The number of rotatable bonds is 3. The van der Waals surface area contributed by atoms with Gasteiger partial charge in [0.15, 0.2) is 0 Å². The van der Waals surface area contributed by atoms with Crippen molar-refractivity contribution in [2.45, 2.75) is 38.0 Å². The van der Waals surface area contributed by atoms with Crippen molar-refractivity contribution in [2.24, 2.45) is 5.92 Å². The molecule has 1 aromatic carbocycles. The highest BCUT2D eigenvalue weighted by atomic mass is 79.9. The minimum atomic E-state index is -0.519. The van der Waals surface area contributed by atoms with E-state index in [9.17, 15) is 4.79 Å². The molecule has 0 spiro atoms. The van der Waals surface area contributed by atoms with Crippen LogP contribution in [0.1, 0.15) is 38.2 Å². The molecule has 1 atom stereocenters. The summed E-state index contributed by atoms with van der Waals surface area (Å²) in [4.78, 5) is 12.3. The average molecular weight is 311 g/mol. The Morgan fingerprint density at radius 3 is 2.61 bits per heavy atom. The van der Waals surface area contributed by atoms with Gasteiger partial charge in [-0.2, -0.15) is 0 Å². The number of halogens is 1. The first-order valence-corrected chi connectivity index (χ1v) is 7.23. The predicted molar refractivity (Wildman–Crippen MR) is 75.5 cm³/mol. The third kappa shape index (κ3) is 2.33. The third-order valence-electron chi connectivity index (χ3n) is 4.21. The van der Waals surface area contributed by atoms with E-state index in [4.69, 9.17) is 4.74 Å². The quantitative estimate of drug-likeness (QED) is 0.787. The van der Waals surface area contributed by atoms with Gasteiger partial charge < -0.3 is 4.74 Å². The molecule has 0 unspecified atom stereocenters. The average Bonchev–Trinajstić information content (AvgIpc) is 2.91. The van der Waals surface area contributed by atoms with Crippen molar-refractivity contribution in [1.29, 1.82) is 0 Å². The molecule has 0 radical (unpaired) electrons. The molecule has 0 saturated heterocycles. The molecule has 98 valence electrons. The van der Waals surface area contributed by atoms with Crippen molar-refractivity contribution in [3.05, 3.63) is 34.3 Å². The van der Waals surface area contributed by atoms with Crippen molar-refractivity contribution >= 4 is 21.9 Å². The molecule has 0 bridgehead atoms. The Kier molecular flexibility index (Phi) is 4.10. The summed E-state index contributed by atoms with van der Waals surface area (Å²) >= 11 is 3.48. The lowest BCUT2D eigenvalue weighted by Gasteiger charge is -2.33. The molecule has 1 aliphatic carbocycles. The number of methoxy groups -OCH3 is 1. The van der Waals surface area contributed by atoms with Crippen LogP contribution in [0.15, 0.2) is 28.7 Å². The largest absolute Gasteiger partial charge is 0.468 e. The minimum absolute atomic E-state index is 0.118. The molecule has 1 aromatic rings. The molecule has 1 aliphatic rings. The molecule has 3 heteroatoms. The molecule has 0 amide bonds. The Labute approximate surface area is 117 Å². The maximum Gasteiger partial charge on any atom is 0.316 e. The van der Waals surface area contributed by atoms with Gasteiger partial charge in [-0.15, -0.1) is 0 Å². The normalized spacial score (nSPS) is 19.5. The highest BCUT2D eigenvalue weighted by molar-refractivity contribution is 9.10. The number of hydrogen-bond acceptors (Lipinski definition) is 2. The van der Waals surface area contributed by atoms with Crippen LogP contribution in [0.4, 0.5) is 0 Å². The summed E-state index contributed by atoms with van der Waals surface area (Å²) in [6.45, 7) is 2.02. The second kappa shape index (κ2) is 5.43. The Hall–Kier alpha value is -0.830. The summed E-state index contributed by atoms with van der Waals surface area (Å²) in [5, 5.41) is 0. The molecule has 1 fully saturated rings. The van der Waals surface area contributed by atoms with Crippen molar-refractivity contribution < 1.29 is 9.53 Å². The van der Waals surface area contributed by atoms with Gasteiger partial charge in [-0.3, -0.25) is 4.79 Å². The SMILES string of the molecule is COC(=O)[C@](C)(c1cccc(Br)c1)C1CCCC1. The zero-order valence-electron chi connectivity index (χ0n) is 10.9. The van der Waals surface area contributed by atoms with Crippen LogP contribution in [-0.2, 0) is 14.9 Å². The fourth-order valence-corrected chi connectivity index (χ4v) is 3.45.